The monoisotopic (exact) mass is 466 g/mol. The Balaban J connectivity index is 1.99. The lowest BCUT2D eigenvalue weighted by Crippen LogP contribution is -2.38. The maximum Gasteiger partial charge on any atom is 0.336 e. The van der Waals surface area contributed by atoms with Gasteiger partial charge < -0.3 is 14.4 Å². The molecule has 0 spiro atoms. The van der Waals surface area contributed by atoms with E-state index in [9.17, 15) is 14.2 Å². The first-order chi connectivity index (χ1) is 14.6. The van der Waals surface area contributed by atoms with E-state index in [1.54, 1.807) is 11.6 Å². The van der Waals surface area contributed by atoms with Gasteiger partial charge in [0.1, 0.15) is 5.82 Å². The molecule has 31 heavy (non-hydrogen) atoms. The first-order valence-corrected chi connectivity index (χ1v) is 11.9. The Hall–Kier alpha value is -2.45. The number of benzene rings is 1. The van der Waals surface area contributed by atoms with Gasteiger partial charge in [0.15, 0.2) is 11.2 Å². The van der Waals surface area contributed by atoms with Crippen molar-refractivity contribution in [2.24, 2.45) is 7.05 Å². The number of nitrogens with zero attached hydrogens (tertiary/aromatic N) is 4. The fraction of sp³-hybridized carbons (Fsp3) is 0.350. The highest BCUT2D eigenvalue weighted by molar-refractivity contribution is 7.51. The molecule has 0 saturated carbocycles. The van der Waals surface area contributed by atoms with Gasteiger partial charge in [-0.25, -0.2) is 14.3 Å². The van der Waals surface area contributed by atoms with Crippen LogP contribution in [0.1, 0.15) is 24.2 Å². The Kier molecular flexibility index (Phi) is 7.01. The number of halogens is 1. The number of hydrogen-bond donors (Lipinski definition) is 2. The predicted molar refractivity (Wildman–Crippen MR) is 121 cm³/mol. The molecule has 0 aliphatic carbocycles. The molecule has 2 aromatic heterocycles. The van der Waals surface area contributed by atoms with Gasteiger partial charge in [0.05, 0.1) is 0 Å². The molecule has 11 heteroatoms. The molecule has 0 amide bonds. The van der Waals surface area contributed by atoms with Crippen LogP contribution in [0.2, 0.25) is 5.02 Å². The maximum atomic E-state index is 12.8. The lowest BCUT2D eigenvalue weighted by atomic mass is 10.1. The third kappa shape index (κ3) is 5.07. The molecule has 0 radical (unpaired) electrons. The van der Waals surface area contributed by atoms with Gasteiger partial charge in [-0.15, -0.1) is 0 Å². The van der Waals surface area contributed by atoms with E-state index in [0.29, 0.717) is 30.1 Å². The van der Waals surface area contributed by atoms with Crippen LogP contribution in [0.15, 0.2) is 40.4 Å². The van der Waals surface area contributed by atoms with Crippen LogP contribution in [0, 0.1) is 0 Å². The number of hydrogen-bond acceptors (Lipinski definition) is 4. The Labute approximate surface area is 183 Å². The summed E-state index contributed by atoms with van der Waals surface area (Å²) in [5.74, 6) is 0.622. The van der Waals surface area contributed by atoms with Crippen LogP contribution in [-0.2, 0) is 31.0 Å². The van der Waals surface area contributed by atoms with Crippen LogP contribution >= 0.6 is 19.2 Å². The largest absolute Gasteiger partial charge is 0.336 e. The van der Waals surface area contributed by atoms with Crippen molar-refractivity contribution in [2.75, 3.05) is 6.16 Å². The van der Waals surface area contributed by atoms with E-state index in [1.165, 1.54) is 4.57 Å². The van der Waals surface area contributed by atoms with Gasteiger partial charge >= 0.3 is 13.3 Å². The first-order valence-electron chi connectivity index (χ1n) is 9.75. The molecule has 0 aliphatic heterocycles. The number of aryl methyl sites for hydroxylation is 4. The normalized spacial score (nSPS) is 11.9. The first kappa shape index (κ1) is 23.2. The Morgan fingerprint density at radius 2 is 1.90 bits per heavy atom. The van der Waals surface area contributed by atoms with Crippen molar-refractivity contribution in [1.29, 1.82) is 0 Å². The van der Waals surface area contributed by atoms with Gasteiger partial charge in [-0.05, 0) is 30.9 Å². The van der Waals surface area contributed by atoms with Crippen molar-refractivity contribution in [3.8, 4) is 0 Å². The van der Waals surface area contributed by atoms with E-state index in [2.05, 4.69) is 11.6 Å². The zero-order valence-electron chi connectivity index (χ0n) is 17.1. The summed E-state index contributed by atoms with van der Waals surface area (Å²) in [6.45, 7) is 3.72. The Morgan fingerprint density at radius 1 is 1.19 bits per heavy atom. The molecule has 0 saturated heterocycles. The minimum atomic E-state index is -4.11. The van der Waals surface area contributed by atoms with E-state index < -0.39 is 18.8 Å². The van der Waals surface area contributed by atoms with Gasteiger partial charge in [0.2, 0.25) is 0 Å². The molecular formula is C20H24ClN4O5P. The number of imidazole rings is 1. The molecule has 0 aliphatic rings. The maximum absolute atomic E-state index is 12.8. The van der Waals surface area contributed by atoms with E-state index in [1.807, 2.05) is 24.3 Å². The number of unbranched alkanes of at least 4 members (excludes halogenated alkanes) is 1. The summed E-state index contributed by atoms with van der Waals surface area (Å²) in [5, 5.41) is 0.650. The minimum Gasteiger partial charge on any atom is -0.325 e. The lowest BCUT2D eigenvalue weighted by molar-refractivity contribution is 0.370. The summed E-state index contributed by atoms with van der Waals surface area (Å²) in [5.41, 5.74) is 0.374. The molecule has 3 aromatic rings. The third-order valence-electron chi connectivity index (χ3n) is 5.12. The summed E-state index contributed by atoms with van der Waals surface area (Å²) in [7, 11) is -2.39. The second kappa shape index (κ2) is 9.36. The van der Waals surface area contributed by atoms with Crippen molar-refractivity contribution in [3.05, 3.63) is 68.1 Å². The summed E-state index contributed by atoms with van der Waals surface area (Å²) in [4.78, 5) is 48.3. The molecule has 9 nitrogen and oxygen atoms in total. The minimum absolute atomic E-state index is 0.171. The molecule has 3 rings (SSSR count). The topological polar surface area (TPSA) is 119 Å². The average molecular weight is 467 g/mol. The summed E-state index contributed by atoms with van der Waals surface area (Å²) < 4.78 is 15.0. The second-order valence-electron chi connectivity index (χ2n) is 7.24. The quantitative estimate of drug-likeness (QED) is 0.369. The van der Waals surface area contributed by atoms with Crippen molar-refractivity contribution < 1.29 is 14.4 Å². The Morgan fingerprint density at radius 3 is 2.55 bits per heavy atom. The zero-order valence-corrected chi connectivity index (χ0v) is 18.7. The van der Waals surface area contributed by atoms with Crippen LogP contribution in [0.25, 0.3) is 17.4 Å². The molecule has 2 heterocycles. The average Bonchev–Trinajstić information content (AvgIpc) is 3.02. The van der Waals surface area contributed by atoms with E-state index in [4.69, 9.17) is 21.4 Å². The van der Waals surface area contributed by atoms with Crippen molar-refractivity contribution >= 4 is 36.6 Å². The van der Waals surface area contributed by atoms with Gasteiger partial charge in [-0.1, -0.05) is 36.4 Å². The second-order valence-corrected chi connectivity index (χ2v) is 9.42. The van der Waals surface area contributed by atoms with Crippen LogP contribution < -0.4 is 11.2 Å². The molecule has 0 unspecified atom stereocenters. The van der Waals surface area contributed by atoms with Gasteiger partial charge in [-0.2, -0.15) is 0 Å². The van der Waals surface area contributed by atoms with E-state index in [0.717, 1.165) is 16.3 Å². The highest BCUT2D eigenvalue weighted by Crippen LogP contribution is 2.35. The van der Waals surface area contributed by atoms with Crippen molar-refractivity contribution in [1.82, 2.24) is 18.7 Å². The third-order valence-corrected chi connectivity index (χ3v) is 6.39. The number of aromatic nitrogens is 4. The fourth-order valence-corrected chi connectivity index (χ4v) is 4.37. The zero-order chi connectivity index (χ0) is 22.8. The van der Waals surface area contributed by atoms with Crippen LogP contribution in [0.5, 0.6) is 0 Å². The molecule has 0 fully saturated rings. The van der Waals surface area contributed by atoms with Crippen molar-refractivity contribution in [2.45, 2.75) is 32.2 Å². The summed E-state index contributed by atoms with van der Waals surface area (Å²) in [6.07, 6.45) is 2.59. The molecule has 0 atom stereocenters. The molecule has 0 bridgehead atoms. The smallest absolute Gasteiger partial charge is 0.325 e. The molecule has 2 N–H and O–H groups in total. The summed E-state index contributed by atoms with van der Waals surface area (Å²) >= 11 is 6.23. The molecule has 1 aromatic carbocycles. The van der Waals surface area contributed by atoms with Crippen LogP contribution in [-0.4, -0.2) is 34.6 Å². The number of rotatable bonds is 9. The SMILES string of the molecule is C=Cn1c(=O)c2c(nc(CCc3ccccc3Cl)n2C)n(CCCCP(=O)(O)O)c1=O. The van der Waals surface area contributed by atoms with E-state index >= 15 is 0 Å². The van der Waals surface area contributed by atoms with Gasteiger partial charge in [0, 0.05) is 37.4 Å². The molecular weight excluding hydrogens is 443 g/mol. The fourth-order valence-electron chi connectivity index (χ4n) is 3.50. The van der Waals surface area contributed by atoms with Crippen LogP contribution in [0.4, 0.5) is 0 Å². The van der Waals surface area contributed by atoms with Crippen molar-refractivity contribution in [3.63, 3.8) is 0 Å². The van der Waals surface area contributed by atoms with Gasteiger partial charge in [-0.3, -0.25) is 13.9 Å². The number of fused-ring (bicyclic) bond motifs is 1. The highest BCUT2D eigenvalue weighted by atomic mass is 35.5. The standard InChI is InChI=1S/C20H24ClN4O5P/c1-3-24-19(26)17-18(25(20(24)27)12-6-7-13-31(28,29)30)22-16(23(17)2)11-10-14-8-4-5-9-15(14)21/h3-5,8-9H,1,6-7,10-13H2,2H3,(H2,28,29,30). The van der Waals surface area contributed by atoms with Crippen LogP contribution in [0.3, 0.4) is 0 Å². The van der Waals surface area contributed by atoms with E-state index in [-0.39, 0.29) is 30.3 Å². The Bertz CT molecular complexity index is 1290. The predicted octanol–water partition coefficient (Wildman–Crippen LogP) is 2.39. The summed E-state index contributed by atoms with van der Waals surface area (Å²) in [6, 6.07) is 7.48. The molecule has 166 valence electrons. The van der Waals surface area contributed by atoms with Gasteiger partial charge in [0.25, 0.3) is 5.56 Å². The highest BCUT2D eigenvalue weighted by Gasteiger charge is 2.20. The lowest BCUT2D eigenvalue weighted by Gasteiger charge is -2.09.